The molecule has 0 saturated heterocycles. The van der Waals surface area contributed by atoms with E-state index < -0.39 is 5.82 Å². The van der Waals surface area contributed by atoms with Crippen LogP contribution in [0.15, 0.2) is 28.7 Å². The number of benzene rings is 1. The van der Waals surface area contributed by atoms with Crippen LogP contribution in [-0.2, 0) is 13.1 Å². The number of carbonyl (C=O) groups excluding carboxylic acids is 2. The molecule has 1 aliphatic heterocycles. The van der Waals surface area contributed by atoms with Crippen molar-refractivity contribution in [2.45, 2.75) is 25.9 Å². The fourth-order valence-corrected chi connectivity index (χ4v) is 2.72. The molecule has 0 radical (unpaired) electrons. The van der Waals surface area contributed by atoms with Gasteiger partial charge in [-0.05, 0) is 37.0 Å². The SMILES string of the molecule is O=C(NCC1CC1)c1nc2c(o1)CN(C(=O)c1cccc(F)c1)C2. The highest BCUT2D eigenvalue weighted by atomic mass is 19.1. The van der Waals surface area contributed by atoms with Gasteiger partial charge in [0.25, 0.3) is 11.8 Å². The third-order valence-corrected chi connectivity index (χ3v) is 4.25. The van der Waals surface area contributed by atoms with E-state index in [2.05, 4.69) is 10.3 Å². The smallest absolute Gasteiger partial charge is 0.307 e. The lowest BCUT2D eigenvalue weighted by Gasteiger charge is -2.15. The topological polar surface area (TPSA) is 75.4 Å². The Morgan fingerprint density at radius 1 is 1.33 bits per heavy atom. The number of aromatic nitrogens is 1. The molecule has 0 atom stereocenters. The summed E-state index contributed by atoms with van der Waals surface area (Å²) in [7, 11) is 0. The van der Waals surface area contributed by atoms with E-state index in [-0.39, 0.29) is 36.4 Å². The summed E-state index contributed by atoms with van der Waals surface area (Å²) in [5.41, 5.74) is 0.860. The molecule has 1 N–H and O–H groups in total. The molecule has 1 saturated carbocycles. The zero-order valence-electron chi connectivity index (χ0n) is 12.9. The highest BCUT2D eigenvalue weighted by Gasteiger charge is 2.31. The Morgan fingerprint density at radius 3 is 2.88 bits per heavy atom. The predicted molar refractivity (Wildman–Crippen MR) is 81.5 cm³/mol. The minimum atomic E-state index is -0.454. The van der Waals surface area contributed by atoms with Crippen molar-refractivity contribution in [3.8, 4) is 0 Å². The Balaban J connectivity index is 1.42. The lowest BCUT2D eigenvalue weighted by molar-refractivity contribution is 0.0740. The second kappa shape index (κ2) is 5.74. The molecule has 2 heterocycles. The van der Waals surface area contributed by atoms with Gasteiger partial charge in [0.15, 0.2) is 0 Å². The molecule has 4 rings (SSSR count). The number of nitrogens with one attached hydrogen (secondary N) is 1. The van der Waals surface area contributed by atoms with Crippen LogP contribution in [0.3, 0.4) is 0 Å². The van der Waals surface area contributed by atoms with Crippen molar-refractivity contribution in [2.75, 3.05) is 6.54 Å². The van der Waals surface area contributed by atoms with E-state index in [9.17, 15) is 14.0 Å². The molecule has 124 valence electrons. The Hall–Kier alpha value is -2.70. The fraction of sp³-hybridized carbons (Fsp3) is 0.353. The van der Waals surface area contributed by atoms with Gasteiger partial charge in [-0.2, -0.15) is 0 Å². The van der Waals surface area contributed by atoms with Crippen molar-refractivity contribution in [1.29, 1.82) is 0 Å². The van der Waals surface area contributed by atoms with Gasteiger partial charge in [-0.15, -0.1) is 0 Å². The Kier molecular flexibility index (Phi) is 3.55. The van der Waals surface area contributed by atoms with Crippen molar-refractivity contribution >= 4 is 11.8 Å². The Labute approximate surface area is 137 Å². The van der Waals surface area contributed by atoms with E-state index in [0.29, 0.717) is 23.9 Å². The molecule has 1 aromatic carbocycles. The number of hydrogen-bond donors (Lipinski definition) is 1. The lowest BCUT2D eigenvalue weighted by atomic mass is 10.2. The van der Waals surface area contributed by atoms with Crippen molar-refractivity contribution in [3.63, 3.8) is 0 Å². The van der Waals surface area contributed by atoms with Gasteiger partial charge in [-0.3, -0.25) is 9.59 Å². The first-order chi connectivity index (χ1) is 11.6. The molecule has 7 heteroatoms. The van der Waals surface area contributed by atoms with Crippen LogP contribution < -0.4 is 5.32 Å². The first-order valence-corrected chi connectivity index (χ1v) is 7.92. The maximum atomic E-state index is 13.2. The summed E-state index contributed by atoms with van der Waals surface area (Å²) >= 11 is 0. The fourth-order valence-electron chi connectivity index (χ4n) is 2.72. The van der Waals surface area contributed by atoms with Gasteiger partial charge >= 0.3 is 5.91 Å². The standard InChI is InChI=1S/C17H16FN3O3/c18-12-3-1-2-11(6-12)17(23)21-8-13-14(9-21)24-16(20-13)15(22)19-7-10-4-5-10/h1-3,6,10H,4-5,7-9H2,(H,19,22). The second-order valence-corrected chi connectivity index (χ2v) is 6.21. The van der Waals surface area contributed by atoms with Crippen LogP contribution in [-0.4, -0.2) is 28.2 Å². The Bertz CT molecular complexity index is 790. The van der Waals surface area contributed by atoms with Gasteiger partial charge in [-0.1, -0.05) is 6.07 Å². The average molecular weight is 329 g/mol. The summed E-state index contributed by atoms with van der Waals surface area (Å²) in [5, 5.41) is 2.80. The molecule has 1 aromatic heterocycles. The lowest BCUT2D eigenvalue weighted by Crippen LogP contribution is -2.27. The molecule has 1 aliphatic carbocycles. The van der Waals surface area contributed by atoms with E-state index in [0.717, 1.165) is 12.8 Å². The third-order valence-electron chi connectivity index (χ3n) is 4.25. The molecule has 6 nitrogen and oxygen atoms in total. The number of nitrogens with zero attached hydrogens (tertiary/aromatic N) is 2. The van der Waals surface area contributed by atoms with Crippen LogP contribution in [0, 0.1) is 11.7 Å². The summed E-state index contributed by atoms with van der Waals surface area (Å²) < 4.78 is 18.7. The predicted octanol–water partition coefficient (Wildman–Crippen LogP) is 2.11. The van der Waals surface area contributed by atoms with Crippen molar-refractivity contribution in [1.82, 2.24) is 15.2 Å². The number of fused-ring (bicyclic) bond motifs is 1. The number of rotatable bonds is 4. The minimum absolute atomic E-state index is 0.0403. The van der Waals surface area contributed by atoms with E-state index in [1.807, 2.05) is 0 Å². The van der Waals surface area contributed by atoms with Crippen LogP contribution in [0.25, 0.3) is 0 Å². The summed E-state index contributed by atoms with van der Waals surface area (Å²) in [6.07, 6.45) is 2.30. The Morgan fingerprint density at radius 2 is 2.17 bits per heavy atom. The van der Waals surface area contributed by atoms with Gasteiger partial charge < -0.3 is 14.6 Å². The second-order valence-electron chi connectivity index (χ2n) is 6.21. The molecule has 0 bridgehead atoms. The summed E-state index contributed by atoms with van der Waals surface area (Å²) in [6, 6.07) is 5.55. The van der Waals surface area contributed by atoms with Crippen LogP contribution in [0.2, 0.25) is 0 Å². The van der Waals surface area contributed by atoms with Crippen LogP contribution in [0.5, 0.6) is 0 Å². The molecule has 0 unspecified atom stereocenters. The molecular formula is C17H16FN3O3. The highest BCUT2D eigenvalue weighted by molar-refractivity contribution is 5.94. The molecule has 1 fully saturated rings. The highest BCUT2D eigenvalue weighted by Crippen LogP contribution is 2.28. The summed E-state index contributed by atoms with van der Waals surface area (Å²) in [6.45, 7) is 1.13. The van der Waals surface area contributed by atoms with Gasteiger partial charge in [0.2, 0.25) is 0 Å². The molecule has 2 amide bonds. The zero-order chi connectivity index (χ0) is 16.7. The van der Waals surface area contributed by atoms with Crippen LogP contribution in [0.4, 0.5) is 4.39 Å². The maximum absolute atomic E-state index is 13.2. The first-order valence-electron chi connectivity index (χ1n) is 7.92. The van der Waals surface area contributed by atoms with E-state index >= 15 is 0 Å². The number of carbonyl (C=O) groups is 2. The van der Waals surface area contributed by atoms with Gasteiger partial charge in [0.05, 0.1) is 13.1 Å². The molecule has 0 spiro atoms. The van der Waals surface area contributed by atoms with E-state index in [4.69, 9.17) is 4.42 Å². The van der Waals surface area contributed by atoms with E-state index in [1.165, 1.54) is 23.1 Å². The van der Waals surface area contributed by atoms with Gasteiger partial charge in [-0.25, -0.2) is 9.37 Å². The number of hydrogen-bond acceptors (Lipinski definition) is 4. The maximum Gasteiger partial charge on any atom is 0.307 e. The third kappa shape index (κ3) is 2.89. The van der Waals surface area contributed by atoms with Crippen LogP contribution >= 0.6 is 0 Å². The monoisotopic (exact) mass is 329 g/mol. The quantitative estimate of drug-likeness (QED) is 0.932. The van der Waals surface area contributed by atoms with Crippen molar-refractivity contribution < 1.29 is 18.4 Å². The number of oxazole rings is 1. The van der Waals surface area contributed by atoms with Crippen molar-refractivity contribution in [2.24, 2.45) is 5.92 Å². The molecule has 24 heavy (non-hydrogen) atoms. The first kappa shape index (κ1) is 14.9. The van der Waals surface area contributed by atoms with E-state index in [1.54, 1.807) is 6.07 Å². The largest absolute Gasteiger partial charge is 0.435 e. The molecular weight excluding hydrogens is 313 g/mol. The average Bonchev–Trinajstić information content (AvgIpc) is 3.18. The van der Waals surface area contributed by atoms with Gasteiger partial charge in [0, 0.05) is 12.1 Å². The van der Waals surface area contributed by atoms with Crippen LogP contribution in [0.1, 0.15) is 45.3 Å². The summed E-state index contributed by atoms with van der Waals surface area (Å²) in [4.78, 5) is 30.0. The minimum Gasteiger partial charge on any atom is -0.435 e. The zero-order valence-corrected chi connectivity index (χ0v) is 12.9. The number of halogens is 1. The number of amides is 2. The summed E-state index contributed by atoms with van der Waals surface area (Å²) in [5.74, 6) is 0.0659. The molecule has 2 aliphatic rings. The van der Waals surface area contributed by atoms with Crippen molar-refractivity contribution in [3.05, 3.63) is 53.0 Å². The molecule has 2 aromatic rings. The normalized spacial score (nSPS) is 16.1. The van der Waals surface area contributed by atoms with Gasteiger partial charge in [0.1, 0.15) is 17.3 Å².